The lowest BCUT2D eigenvalue weighted by atomic mass is 9.72. The molecule has 0 saturated heterocycles. The topological polar surface area (TPSA) is 46.2 Å². The van der Waals surface area contributed by atoms with E-state index in [1.807, 2.05) is 13.0 Å². The molecule has 1 atom stereocenters. The molecule has 1 aliphatic carbocycles. The van der Waals surface area contributed by atoms with Crippen molar-refractivity contribution in [1.82, 2.24) is 0 Å². The molecule has 1 aliphatic rings. The maximum atomic E-state index is 9.34. The summed E-state index contributed by atoms with van der Waals surface area (Å²) < 4.78 is 0. The maximum absolute atomic E-state index is 9.34. The van der Waals surface area contributed by atoms with Crippen LogP contribution in [0.15, 0.2) is 24.3 Å². The van der Waals surface area contributed by atoms with Gasteiger partial charge in [0.1, 0.15) is 0 Å². The lowest BCUT2D eigenvalue weighted by molar-refractivity contribution is 0.195. The smallest absolute Gasteiger partial charge is 0.0552 e. The van der Waals surface area contributed by atoms with Crippen LogP contribution in [0.2, 0.25) is 0 Å². The van der Waals surface area contributed by atoms with E-state index in [-0.39, 0.29) is 11.6 Å². The van der Waals surface area contributed by atoms with Crippen LogP contribution in [0.5, 0.6) is 0 Å². The number of hydrogen-bond donors (Lipinski definition) is 2. The fraction of sp³-hybridized carbons (Fsp3) is 0.538. The van der Waals surface area contributed by atoms with E-state index in [1.54, 1.807) is 0 Å². The lowest BCUT2D eigenvalue weighted by Crippen LogP contribution is -2.43. The molecule has 1 fully saturated rings. The Hall–Kier alpha value is -0.860. The standard InChI is InChI=1S/C13H19NO/c1-10(15)8-11-4-2-5-12(9-11)13(14)6-3-7-13/h2,4-5,9-10,15H,3,6-8,14H2,1H3. The SMILES string of the molecule is CC(O)Cc1cccc(C2(N)CCC2)c1. The Morgan fingerprint density at radius 2 is 2.20 bits per heavy atom. The molecule has 0 heterocycles. The Labute approximate surface area is 91.1 Å². The Morgan fingerprint density at radius 3 is 2.73 bits per heavy atom. The van der Waals surface area contributed by atoms with Gasteiger partial charge in [0.05, 0.1) is 6.10 Å². The third kappa shape index (κ3) is 2.21. The van der Waals surface area contributed by atoms with E-state index < -0.39 is 0 Å². The summed E-state index contributed by atoms with van der Waals surface area (Å²) in [6.45, 7) is 1.81. The number of aliphatic hydroxyl groups excluding tert-OH is 1. The van der Waals surface area contributed by atoms with Gasteiger partial charge in [-0.05, 0) is 43.7 Å². The van der Waals surface area contributed by atoms with Gasteiger partial charge >= 0.3 is 0 Å². The molecule has 1 unspecified atom stereocenters. The van der Waals surface area contributed by atoms with E-state index in [0.717, 1.165) is 12.8 Å². The first kappa shape index (κ1) is 10.7. The number of hydrogen-bond acceptors (Lipinski definition) is 2. The lowest BCUT2D eigenvalue weighted by Gasteiger charge is -2.38. The van der Waals surface area contributed by atoms with Gasteiger partial charge in [0.15, 0.2) is 0 Å². The highest BCUT2D eigenvalue weighted by Crippen LogP contribution is 2.38. The third-order valence-corrected chi connectivity index (χ3v) is 3.28. The molecule has 0 spiro atoms. The molecule has 0 aliphatic heterocycles. The molecule has 0 aromatic heterocycles. The van der Waals surface area contributed by atoms with Crippen LogP contribution in [0.1, 0.15) is 37.3 Å². The molecule has 3 N–H and O–H groups in total. The van der Waals surface area contributed by atoms with E-state index in [2.05, 4.69) is 18.2 Å². The Balaban J connectivity index is 2.19. The highest BCUT2D eigenvalue weighted by molar-refractivity contribution is 5.31. The monoisotopic (exact) mass is 205 g/mol. The highest BCUT2D eigenvalue weighted by atomic mass is 16.3. The van der Waals surface area contributed by atoms with Gasteiger partial charge in [0.25, 0.3) is 0 Å². The minimum absolute atomic E-state index is 0.0886. The molecule has 2 heteroatoms. The molecule has 2 rings (SSSR count). The normalized spacial score (nSPS) is 20.7. The predicted molar refractivity (Wildman–Crippen MR) is 61.5 cm³/mol. The molecule has 0 amide bonds. The summed E-state index contributed by atoms with van der Waals surface area (Å²) in [5.41, 5.74) is 8.58. The van der Waals surface area contributed by atoms with Gasteiger partial charge in [-0.25, -0.2) is 0 Å². The molecule has 0 radical (unpaired) electrons. The molecule has 1 aromatic rings. The zero-order chi connectivity index (χ0) is 10.9. The van der Waals surface area contributed by atoms with Crippen LogP contribution >= 0.6 is 0 Å². The van der Waals surface area contributed by atoms with Crippen LogP contribution in [0.25, 0.3) is 0 Å². The van der Waals surface area contributed by atoms with Crippen molar-refractivity contribution < 1.29 is 5.11 Å². The average molecular weight is 205 g/mol. The second-order valence-electron chi connectivity index (χ2n) is 4.76. The minimum atomic E-state index is -0.282. The van der Waals surface area contributed by atoms with E-state index in [4.69, 9.17) is 5.73 Å². The number of benzene rings is 1. The van der Waals surface area contributed by atoms with E-state index in [9.17, 15) is 5.11 Å². The van der Waals surface area contributed by atoms with Gasteiger partial charge in [-0.1, -0.05) is 24.3 Å². The number of nitrogens with two attached hydrogens (primary N) is 1. The first-order valence-corrected chi connectivity index (χ1v) is 5.66. The van der Waals surface area contributed by atoms with Crippen LogP contribution < -0.4 is 5.73 Å². The molecule has 0 bridgehead atoms. The molecular weight excluding hydrogens is 186 g/mol. The molecule has 1 aromatic carbocycles. The fourth-order valence-electron chi connectivity index (χ4n) is 2.20. The van der Waals surface area contributed by atoms with Crippen LogP contribution in [0.4, 0.5) is 0 Å². The quantitative estimate of drug-likeness (QED) is 0.792. The van der Waals surface area contributed by atoms with Crippen molar-refractivity contribution >= 4 is 0 Å². The molecule has 1 saturated carbocycles. The van der Waals surface area contributed by atoms with Crippen molar-refractivity contribution in [3.8, 4) is 0 Å². The first-order valence-electron chi connectivity index (χ1n) is 5.66. The largest absolute Gasteiger partial charge is 0.393 e. The van der Waals surface area contributed by atoms with Crippen LogP contribution in [0.3, 0.4) is 0 Å². The van der Waals surface area contributed by atoms with Crippen molar-refractivity contribution in [2.75, 3.05) is 0 Å². The first-order chi connectivity index (χ1) is 7.10. The number of rotatable bonds is 3. The van der Waals surface area contributed by atoms with Crippen LogP contribution in [-0.4, -0.2) is 11.2 Å². The average Bonchev–Trinajstić information content (AvgIpc) is 2.13. The maximum Gasteiger partial charge on any atom is 0.0552 e. The summed E-state index contributed by atoms with van der Waals surface area (Å²) in [5, 5.41) is 9.34. The summed E-state index contributed by atoms with van der Waals surface area (Å²) in [6, 6.07) is 8.34. The van der Waals surface area contributed by atoms with Crippen molar-refractivity contribution in [2.24, 2.45) is 5.73 Å². The van der Waals surface area contributed by atoms with Crippen molar-refractivity contribution in [3.05, 3.63) is 35.4 Å². The van der Waals surface area contributed by atoms with Gasteiger partial charge in [-0.3, -0.25) is 0 Å². The van der Waals surface area contributed by atoms with Crippen LogP contribution in [0, 0.1) is 0 Å². The van der Waals surface area contributed by atoms with Gasteiger partial charge in [-0.2, -0.15) is 0 Å². The molecule has 82 valence electrons. The number of aliphatic hydroxyl groups is 1. The summed E-state index contributed by atoms with van der Waals surface area (Å²) in [6.07, 6.45) is 3.84. The summed E-state index contributed by atoms with van der Waals surface area (Å²) in [5.74, 6) is 0. The summed E-state index contributed by atoms with van der Waals surface area (Å²) >= 11 is 0. The van der Waals surface area contributed by atoms with Gasteiger partial charge in [0, 0.05) is 5.54 Å². The highest BCUT2D eigenvalue weighted by Gasteiger charge is 2.34. The van der Waals surface area contributed by atoms with E-state index in [1.165, 1.54) is 17.5 Å². The Morgan fingerprint density at radius 1 is 1.47 bits per heavy atom. The zero-order valence-corrected chi connectivity index (χ0v) is 9.24. The van der Waals surface area contributed by atoms with Crippen molar-refractivity contribution in [1.29, 1.82) is 0 Å². The second-order valence-corrected chi connectivity index (χ2v) is 4.76. The van der Waals surface area contributed by atoms with Gasteiger partial charge in [0.2, 0.25) is 0 Å². The van der Waals surface area contributed by atoms with E-state index in [0.29, 0.717) is 6.42 Å². The molecule has 2 nitrogen and oxygen atoms in total. The minimum Gasteiger partial charge on any atom is -0.393 e. The van der Waals surface area contributed by atoms with Gasteiger partial charge in [-0.15, -0.1) is 0 Å². The fourth-order valence-corrected chi connectivity index (χ4v) is 2.20. The molecule has 15 heavy (non-hydrogen) atoms. The second kappa shape index (κ2) is 3.95. The summed E-state index contributed by atoms with van der Waals surface area (Å²) in [7, 11) is 0. The summed E-state index contributed by atoms with van der Waals surface area (Å²) in [4.78, 5) is 0. The zero-order valence-electron chi connectivity index (χ0n) is 9.24. The Bertz CT molecular complexity index is 342. The van der Waals surface area contributed by atoms with Crippen LogP contribution in [-0.2, 0) is 12.0 Å². The van der Waals surface area contributed by atoms with E-state index >= 15 is 0 Å². The molecular formula is C13H19NO. The third-order valence-electron chi connectivity index (χ3n) is 3.28. The van der Waals surface area contributed by atoms with Crippen molar-refractivity contribution in [2.45, 2.75) is 44.2 Å². The predicted octanol–water partition coefficient (Wildman–Crippen LogP) is 1.95. The van der Waals surface area contributed by atoms with Gasteiger partial charge < -0.3 is 10.8 Å². The van der Waals surface area contributed by atoms with Crippen molar-refractivity contribution in [3.63, 3.8) is 0 Å². The Kier molecular flexibility index (Phi) is 2.81.